The van der Waals surface area contributed by atoms with Gasteiger partial charge in [0, 0.05) is 31.2 Å². The Labute approximate surface area is 123 Å². The van der Waals surface area contributed by atoms with E-state index in [1.165, 1.54) is 11.9 Å². The highest BCUT2D eigenvalue weighted by Gasteiger charge is 2.16. The van der Waals surface area contributed by atoms with Gasteiger partial charge in [0.15, 0.2) is 0 Å². The Morgan fingerprint density at radius 2 is 2.30 bits per heavy atom. The molecular formula is C13H19N5OS. The number of nitrogens with zero attached hydrogens (tertiary/aromatic N) is 4. The Bertz CT molecular complexity index is 459. The minimum absolute atomic E-state index is 0.149. The van der Waals surface area contributed by atoms with Gasteiger partial charge in [-0.3, -0.25) is 4.79 Å². The van der Waals surface area contributed by atoms with E-state index in [2.05, 4.69) is 32.0 Å². The number of aromatic nitrogens is 2. The van der Waals surface area contributed by atoms with Crippen LogP contribution in [0.25, 0.3) is 0 Å². The number of hydrogen-bond acceptors (Lipinski definition) is 6. The van der Waals surface area contributed by atoms with Gasteiger partial charge in [-0.1, -0.05) is 13.3 Å². The lowest BCUT2D eigenvalue weighted by Gasteiger charge is -2.11. The summed E-state index contributed by atoms with van der Waals surface area (Å²) in [6.07, 6.45) is 5.63. The molecule has 0 aromatic carbocycles. The predicted octanol–water partition coefficient (Wildman–Crippen LogP) is 2.43. The molecule has 0 radical (unpaired) electrons. The van der Waals surface area contributed by atoms with E-state index in [-0.39, 0.29) is 5.24 Å². The smallest absolute Gasteiger partial charge is 0.259 e. The van der Waals surface area contributed by atoms with Crippen LogP contribution in [0.3, 0.4) is 0 Å². The highest BCUT2D eigenvalue weighted by atomic mass is 32.2. The van der Waals surface area contributed by atoms with E-state index >= 15 is 0 Å². The van der Waals surface area contributed by atoms with Crippen LogP contribution < -0.4 is 5.43 Å². The van der Waals surface area contributed by atoms with Crippen LogP contribution in [0.5, 0.6) is 0 Å². The molecule has 108 valence electrons. The standard InChI is InChI=1S/C13H19N5OS/c1-2-6-11(12-7-5-8-14-15-12)16-17-13(19)20-18-9-3-4-10-18/h5,7-8H,2-4,6,9-10H2,1H3,(H,17,19)/b16-11+. The minimum atomic E-state index is -0.149. The molecule has 20 heavy (non-hydrogen) atoms. The van der Waals surface area contributed by atoms with Gasteiger partial charge in [-0.25, -0.2) is 9.73 Å². The maximum Gasteiger partial charge on any atom is 0.314 e. The number of carbonyl (C=O) groups excluding carboxylic acids is 1. The van der Waals surface area contributed by atoms with Crippen molar-refractivity contribution in [2.45, 2.75) is 32.6 Å². The van der Waals surface area contributed by atoms with E-state index in [0.717, 1.165) is 44.5 Å². The lowest BCUT2D eigenvalue weighted by molar-refractivity contribution is 0.260. The zero-order chi connectivity index (χ0) is 14.2. The number of rotatable bonds is 5. The largest absolute Gasteiger partial charge is 0.314 e. The molecule has 0 bridgehead atoms. The van der Waals surface area contributed by atoms with Crippen molar-refractivity contribution < 1.29 is 4.79 Å². The van der Waals surface area contributed by atoms with Gasteiger partial charge in [-0.05, 0) is 31.4 Å². The van der Waals surface area contributed by atoms with Crippen molar-refractivity contribution >= 4 is 22.9 Å². The summed E-state index contributed by atoms with van der Waals surface area (Å²) >= 11 is 1.20. The Balaban J connectivity index is 1.93. The number of hydrazone groups is 1. The third kappa shape index (κ3) is 4.57. The van der Waals surface area contributed by atoms with Gasteiger partial charge in [0.25, 0.3) is 0 Å². The molecule has 1 aromatic rings. The van der Waals surface area contributed by atoms with E-state index in [1.54, 1.807) is 6.20 Å². The molecular weight excluding hydrogens is 274 g/mol. The molecule has 1 aliphatic rings. The second-order valence-electron chi connectivity index (χ2n) is 4.54. The van der Waals surface area contributed by atoms with E-state index < -0.39 is 0 Å². The van der Waals surface area contributed by atoms with Crippen molar-refractivity contribution in [3.05, 3.63) is 24.0 Å². The van der Waals surface area contributed by atoms with Crippen LogP contribution in [0, 0.1) is 0 Å². The molecule has 1 amide bonds. The summed E-state index contributed by atoms with van der Waals surface area (Å²) in [6, 6.07) is 3.66. The minimum Gasteiger partial charge on any atom is -0.259 e. The van der Waals surface area contributed by atoms with Crippen LogP contribution >= 0.6 is 11.9 Å². The van der Waals surface area contributed by atoms with Crippen LogP contribution in [0.2, 0.25) is 0 Å². The summed E-state index contributed by atoms with van der Waals surface area (Å²) < 4.78 is 2.06. The molecule has 1 saturated heterocycles. The second-order valence-corrected chi connectivity index (χ2v) is 5.61. The van der Waals surface area contributed by atoms with Crippen LogP contribution in [0.1, 0.15) is 38.3 Å². The first-order chi connectivity index (χ1) is 9.79. The SMILES string of the molecule is CCC/C(=N\NC(=O)SN1CCCC1)c1cccnn1. The molecule has 0 aliphatic carbocycles. The van der Waals surface area contributed by atoms with Crippen molar-refractivity contribution in [3.8, 4) is 0 Å². The monoisotopic (exact) mass is 293 g/mol. The zero-order valence-electron chi connectivity index (χ0n) is 11.6. The van der Waals surface area contributed by atoms with E-state index in [4.69, 9.17) is 0 Å². The maximum atomic E-state index is 11.8. The summed E-state index contributed by atoms with van der Waals surface area (Å²) in [4.78, 5) is 11.8. The van der Waals surface area contributed by atoms with Gasteiger partial charge in [-0.2, -0.15) is 10.2 Å². The summed E-state index contributed by atoms with van der Waals surface area (Å²) in [5.41, 5.74) is 4.06. The molecule has 0 spiro atoms. The summed E-state index contributed by atoms with van der Waals surface area (Å²) in [7, 11) is 0. The van der Waals surface area contributed by atoms with Crippen molar-refractivity contribution in [1.82, 2.24) is 19.9 Å². The Kier molecular flexibility index (Phi) is 5.94. The van der Waals surface area contributed by atoms with Crippen molar-refractivity contribution in [2.75, 3.05) is 13.1 Å². The molecule has 6 nitrogen and oxygen atoms in total. The lowest BCUT2D eigenvalue weighted by atomic mass is 10.1. The van der Waals surface area contributed by atoms with E-state index in [1.807, 2.05) is 12.1 Å². The third-order valence-corrected chi connectivity index (χ3v) is 3.79. The van der Waals surface area contributed by atoms with Crippen LogP contribution in [0.15, 0.2) is 23.4 Å². The molecule has 1 fully saturated rings. The van der Waals surface area contributed by atoms with Crippen LogP contribution in [-0.4, -0.2) is 38.5 Å². The Morgan fingerprint density at radius 3 is 2.95 bits per heavy atom. The fourth-order valence-corrected chi connectivity index (χ4v) is 2.73. The first-order valence-electron chi connectivity index (χ1n) is 6.87. The fraction of sp³-hybridized carbons (Fsp3) is 0.538. The van der Waals surface area contributed by atoms with Crippen LogP contribution in [0.4, 0.5) is 4.79 Å². The number of amides is 1. The van der Waals surface area contributed by atoms with E-state index in [9.17, 15) is 4.79 Å². The van der Waals surface area contributed by atoms with Crippen LogP contribution in [-0.2, 0) is 0 Å². The molecule has 0 unspecified atom stereocenters. The van der Waals surface area contributed by atoms with Crippen molar-refractivity contribution in [2.24, 2.45) is 5.10 Å². The summed E-state index contributed by atoms with van der Waals surface area (Å²) in [5.74, 6) is 0. The molecule has 2 rings (SSSR count). The second kappa shape index (κ2) is 7.96. The number of nitrogens with one attached hydrogen (secondary N) is 1. The Morgan fingerprint density at radius 1 is 1.50 bits per heavy atom. The molecule has 2 heterocycles. The number of hydrogen-bond donors (Lipinski definition) is 1. The predicted molar refractivity (Wildman–Crippen MR) is 80.4 cm³/mol. The number of carbonyl (C=O) groups is 1. The third-order valence-electron chi connectivity index (χ3n) is 2.91. The van der Waals surface area contributed by atoms with Crippen molar-refractivity contribution in [1.29, 1.82) is 0 Å². The highest BCUT2D eigenvalue weighted by Crippen LogP contribution is 2.18. The van der Waals surface area contributed by atoms with Gasteiger partial charge in [0.2, 0.25) is 0 Å². The molecule has 1 aromatic heterocycles. The normalized spacial score (nSPS) is 16.4. The molecule has 1 N–H and O–H groups in total. The summed E-state index contributed by atoms with van der Waals surface area (Å²) in [6.45, 7) is 3.99. The molecule has 0 saturated carbocycles. The first kappa shape index (κ1) is 14.9. The van der Waals surface area contributed by atoms with Crippen molar-refractivity contribution in [3.63, 3.8) is 0 Å². The van der Waals surface area contributed by atoms with Gasteiger partial charge in [0.05, 0.1) is 5.71 Å². The average Bonchev–Trinajstić information content (AvgIpc) is 2.97. The topological polar surface area (TPSA) is 70.5 Å². The Hall–Kier alpha value is -1.47. The highest BCUT2D eigenvalue weighted by molar-refractivity contribution is 8.11. The molecule has 0 atom stereocenters. The maximum absolute atomic E-state index is 11.8. The van der Waals surface area contributed by atoms with Gasteiger partial charge in [0.1, 0.15) is 5.69 Å². The summed E-state index contributed by atoms with van der Waals surface area (Å²) in [5, 5.41) is 11.9. The van der Waals surface area contributed by atoms with Gasteiger partial charge >= 0.3 is 5.24 Å². The quantitative estimate of drug-likeness (QED) is 0.513. The first-order valence-corrected chi connectivity index (χ1v) is 7.64. The zero-order valence-corrected chi connectivity index (χ0v) is 12.4. The van der Waals surface area contributed by atoms with E-state index in [0.29, 0.717) is 5.69 Å². The molecule has 7 heteroatoms. The van der Waals surface area contributed by atoms with Gasteiger partial charge in [-0.15, -0.1) is 5.10 Å². The average molecular weight is 293 g/mol. The molecule has 1 aliphatic heterocycles. The lowest BCUT2D eigenvalue weighted by Crippen LogP contribution is -2.21. The van der Waals surface area contributed by atoms with Gasteiger partial charge < -0.3 is 0 Å². The fourth-order valence-electron chi connectivity index (χ4n) is 1.96.